The summed E-state index contributed by atoms with van der Waals surface area (Å²) in [5, 5.41) is 33.9. The summed E-state index contributed by atoms with van der Waals surface area (Å²) in [6.45, 7) is 3.26. The molecule has 0 aliphatic carbocycles. The number of carbonyl (C=O) groups excluding carboxylic acids is 3. The lowest BCUT2D eigenvalue weighted by Gasteiger charge is -2.24. The Morgan fingerprint density at radius 2 is 1.35 bits per heavy atom. The number of amides is 3. The minimum absolute atomic E-state index is 0.209. The summed E-state index contributed by atoms with van der Waals surface area (Å²) < 4.78 is 0. The summed E-state index contributed by atoms with van der Waals surface area (Å²) in [5.74, 6) is -7.83. The lowest BCUT2D eigenvalue weighted by atomic mass is 10.0. The quantitative estimate of drug-likeness (QED) is 0.136. The van der Waals surface area contributed by atoms with E-state index in [0.29, 0.717) is 5.69 Å². The van der Waals surface area contributed by atoms with Crippen LogP contribution in [0.4, 0.5) is 0 Å². The highest BCUT2D eigenvalue weighted by atomic mass is 16.4. The Morgan fingerprint density at radius 3 is 1.74 bits per heavy atom. The van der Waals surface area contributed by atoms with Gasteiger partial charge in [0.15, 0.2) is 0 Å². The first kappa shape index (κ1) is 28.0. The second kappa shape index (κ2) is 12.9. The first-order valence-electron chi connectivity index (χ1n) is 10.1. The number of carboxylic acids is 3. The number of nitrogens with two attached hydrogens (primary N) is 1. The fourth-order valence-electron chi connectivity index (χ4n) is 2.70. The molecule has 1 aromatic heterocycles. The zero-order valence-electron chi connectivity index (χ0n) is 18.5. The number of carbonyl (C=O) groups is 6. The first-order chi connectivity index (χ1) is 15.8. The van der Waals surface area contributed by atoms with E-state index in [0.717, 1.165) is 0 Å². The zero-order valence-corrected chi connectivity index (χ0v) is 18.5. The van der Waals surface area contributed by atoms with Gasteiger partial charge in [-0.2, -0.15) is 0 Å². The molecule has 15 nitrogen and oxygen atoms in total. The average molecular weight is 484 g/mol. The Hall–Kier alpha value is -4.01. The van der Waals surface area contributed by atoms with Crippen LogP contribution < -0.4 is 21.7 Å². The summed E-state index contributed by atoms with van der Waals surface area (Å²) in [7, 11) is 0. The Labute approximate surface area is 193 Å². The van der Waals surface area contributed by atoms with E-state index in [2.05, 4.69) is 25.9 Å². The molecule has 0 bridgehead atoms. The van der Waals surface area contributed by atoms with Crippen molar-refractivity contribution >= 4 is 35.6 Å². The summed E-state index contributed by atoms with van der Waals surface area (Å²) >= 11 is 0. The van der Waals surface area contributed by atoms with Gasteiger partial charge in [-0.15, -0.1) is 0 Å². The Morgan fingerprint density at radius 1 is 0.882 bits per heavy atom. The highest BCUT2D eigenvalue weighted by Crippen LogP contribution is 2.04. The molecule has 0 saturated carbocycles. The highest BCUT2D eigenvalue weighted by Gasteiger charge is 2.33. The van der Waals surface area contributed by atoms with Crippen molar-refractivity contribution in [1.29, 1.82) is 0 Å². The maximum atomic E-state index is 12.6. The fraction of sp³-hybridized carbons (Fsp3) is 0.526. The van der Waals surface area contributed by atoms with Crippen molar-refractivity contribution in [1.82, 2.24) is 25.9 Å². The van der Waals surface area contributed by atoms with Gasteiger partial charge < -0.3 is 42.0 Å². The number of hydrogen-bond donors (Lipinski definition) is 8. The third-order valence-corrected chi connectivity index (χ3v) is 4.64. The first-order valence-corrected chi connectivity index (χ1v) is 10.1. The molecular weight excluding hydrogens is 456 g/mol. The molecular formula is C19H28N6O9. The van der Waals surface area contributed by atoms with Crippen molar-refractivity contribution in [3.05, 3.63) is 18.2 Å². The van der Waals surface area contributed by atoms with E-state index in [9.17, 15) is 33.9 Å². The van der Waals surface area contributed by atoms with Crippen LogP contribution in [0.15, 0.2) is 12.5 Å². The molecule has 0 aliphatic rings. The van der Waals surface area contributed by atoms with Crippen molar-refractivity contribution in [3.8, 4) is 0 Å². The van der Waals surface area contributed by atoms with Crippen LogP contribution in [0.3, 0.4) is 0 Å². The summed E-state index contributed by atoms with van der Waals surface area (Å²) in [6, 6.07) is -5.97. The molecule has 4 atom stereocenters. The van der Waals surface area contributed by atoms with E-state index >= 15 is 0 Å². The van der Waals surface area contributed by atoms with Crippen LogP contribution in [-0.4, -0.2) is 85.1 Å². The summed E-state index contributed by atoms with van der Waals surface area (Å²) in [6.07, 6.45) is 0.611. The van der Waals surface area contributed by atoms with Gasteiger partial charge in [0.2, 0.25) is 17.7 Å². The monoisotopic (exact) mass is 484 g/mol. The number of hydrogen-bond acceptors (Lipinski definition) is 8. The minimum Gasteiger partial charge on any atom is -0.481 e. The van der Waals surface area contributed by atoms with Crippen LogP contribution in [0, 0.1) is 5.92 Å². The number of nitrogens with one attached hydrogen (secondary N) is 4. The van der Waals surface area contributed by atoms with Crippen molar-refractivity contribution < 1.29 is 44.1 Å². The lowest BCUT2D eigenvalue weighted by molar-refractivity contribution is -0.145. The van der Waals surface area contributed by atoms with E-state index in [-0.39, 0.29) is 12.3 Å². The summed E-state index contributed by atoms with van der Waals surface area (Å²) in [4.78, 5) is 77.8. The SMILES string of the molecule is CC(C)C(N)C(=O)NC(CC(=O)O)C(=O)NC(CC(=O)O)C(=O)NC(Cc1cnc[nH]1)C(=O)O. The van der Waals surface area contributed by atoms with E-state index in [1.807, 2.05) is 0 Å². The number of aromatic amines is 1. The third-order valence-electron chi connectivity index (χ3n) is 4.64. The number of rotatable bonds is 14. The maximum absolute atomic E-state index is 12.6. The molecule has 0 saturated heterocycles. The second-order valence-electron chi connectivity index (χ2n) is 7.77. The average Bonchev–Trinajstić information content (AvgIpc) is 3.23. The molecule has 1 heterocycles. The third kappa shape index (κ3) is 9.23. The van der Waals surface area contributed by atoms with Gasteiger partial charge in [-0.25, -0.2) is 9.78 Å². The molecule has 15 heteroatoms. The van der Waals surface area contributed by atoms with Gasteiger partial charge in [0, 0.05) is 18.3 Å². The van der Waals surface area contributed by atoms with Gasteiger partial charge in [-0.3, -0.25) is 24.0 Å². The summed E-state index contributed by atoms with van der Waals surface area (Å²) in [5.41, 5.74) is 6.07. The van der Waals surface area contributed by atoms with Gasteiger partial charge in [0.25, 0.3) is 0 Å². The zero-order chi connectivity index (χ0) is 26.0. The Kier molecular flexibility index (Phi) is 10.6. The van der Waals surface area contributed by atoms with Crippen molar-refractivity contribution in [2.75, 3.05) is 0 Å². The van der Waals surface area contributed by atoms with E-state index < -0.39 is 72.6 Å². The largest absolute Gasteiger partial charge is 0.481 e. The van der Waals surface area contributed by atoms with Crippen molar-refractivity contribution in [2.24, 2.45) is 11.7 Å². The smallest absolute Gasteiger partial charge is 0.326 e. The number of H-pyrrole nitrogens is 1. The van der Waals surface area contributed by atoms with E-state index in [1.165, 1.54) is 12.5 Å². The van der Waals surface area contributed by atoms with Crippen LogP contribution in [-0.2, 0) is 35.2 Å². The molecule has 0 spiro atoms. The normalized spacial score (nSPS) is 14.4. The van der Waals surface area contributed by atoms with Crippen LogP contribution in [0.2, 0.25) is 0 Å². The molecule has 0 aliphatic heterocycles. The number of imidazole rings is 1. The predicted octanol–water partition coefficient (Wildman–Crippen LogP) is -2.58. The number of carboxylic acid groups (broad SMARTS) is 3. The molecule has 0 radical (unpaired) electrons. The minimum atomic E-state index is -1.76. The predicted molar refractivity (Wildman–Crippen MR) is 113 cm³/mol. The van der Waals surface area contributed by atoms with Crippen molar-refractivity contribution in [2.45, 2.75) is 57.3 Å². The number of aliphatic carboxylic acids is 3. The van der Waals surface area contributed by atoms with E-state index in [4.69, 9.17) is 15.9 Å². The molecule has 188 valence electrons. The Bertz CT molecular complexity index is 902. The molecule has 3 amide bonds. The molecule has 0 aromatic carbocycles. The van der Waals surface area contributed by atoms with Crippen LogP contribution >= 0.6 is 0 Å². The standard InChI is InChI=1S/C19H28N6O9/c1-8(2)15(20)18(32)24-11(5-14(28)29)16(30)23-10(4-13(26)27)17(31)25-12(19(33)34)3-9-6-21-7-22-9/h6-8,10-12,15H,3-5,20H2,1-2H3,(H,21,22)(H,23,30)(H,24,32)(H,25,31)(H,26,27)(H,28,29)(H,33,34). The molecule has 1 aromatic rings. The fourth-order valence-corrected chi connectivity index (χ4v) is 2.70. The maximum Gasteiger partial charge on any atom is 0.326 e. The molecule has 9 N–H and O–H groups in total. The highest BCUT2D eigenvalue weighted by molar-refractivity contribution is 5.96. The number of nitrogens with zero attached hydrogens (tertiary/aromatic N) is 1. The molecule has 4 unspecified atom stereocenters. The van der Waals surface area contributed by atoms with Gasteiger partial charge in [0.05, 0.1) is 25.2 Å². The van der Waals surface area contributed by atoms with Gasteiger partial charge in [-0.05, 0) is 5.92 Å². The number of aromatic nitrogens is 2. The van der Waals surface area contributed by atoms with E-state index in [1.54, 1.807) is 13.8 Å². The second-order valence-corrected chi connectivity index (χ2v) is 7.77. The lowest BCUT2D eigenvalue weighted by Crippen LogP contribution is -2.58. The topological polar surface area (TPSA) is 254 Å². The Balaban J connectivity index is 3.01. The molecule has 34 heavy (non-hydrogen) atoms. The van der Waals surface area contributed by atoms with Crippen LogP contribution in [0.1, 0.15) is 32.4 Å². The van der Waals surface area contributed by atoms with Gasteiger partial charge in [-0.1, -0.05) is 13.8 Å². The van der Waals surface area contributed by atoms with Gasteiger partial charge >= 0.3 is 17.9 Å². The van der Waals surface area contributed by atoms with Crippen LogP contribution in [0.5, 0.6) is 0 Å². The van der Waals surface area contributed by atoms with Crippen LogP contribution in [0.25, 0.3) is 0 Å². The molecule has 1 rings (SSSR count). The molecule has 0 fully saturated rings. The van der Waals surface area contributed by atoms with Gasteiger partial charge in [0.1, 0.15) is 18.1 Å². The van der Waals surface area contributed by atoms with Crippen molar-refractivity contribution in [3.63, 3.8) is 0 Å².